The van der Waals surface area contributed by atoms with Crippen molar-refractivity contribution >= 4 is 54.6 Å². The van der Waals surface area contributed by atoms with Crippen LogP contribution < -0.4 is 9.30 Å². The van der Waals surface area contributed by atoms with Crippen LogP contribution in [0.1, 0.15) is 9.68 Å². The number of hydrogen-bond acceptors (Lipinski definition) is 2. The molecule has 68 heavy (non-hydrogen) atoms. The molecule has 0 fully saturated rings. The van der Waals surface area contributed by atoms with Gasteiger partial charge in [0.15, 0.2) is 0 Å². The molecule has 0 saturated carbocycles. The Hall–Kier alpha value is -8.31. The number of aryl methyl sites for hydroxylation is 1. The van der Waals surface area contributed by atoms with E-state index in [2.05, 4.69) is 143 Å². The van der Waals surface area contributed by atoms with Gasteiger partial charge in [-0.05, 0) is 72.3 Å². The third kappa shape index (κ3) is 6.75. The van der Waals surface area contributed by atoms with Gasteiger partial charge in [0.05, 0.1) is 50.2 Å². The summed E-state index contributed by atoms with van der Waals surface area (Å²) in [5.74, 6) is 0.910. The van der Waals surface area contributed by atoms with E-state index in [1.165, 1.54) is 0 Å². The first-order valence-corrected chi connectivity index (χ1v) is 22.2. The average Bonchev–Trinajstić information content (AvgIpc) is 4.07. The zero-order valence-electron chi connectivity index (χ0n) is 39.2. The second-order valence-corrected chi connectivity index (χ2v) is 16.6. The minimum Gasteiger partial charge on any atom is -0.503 e. The van der Waals surface area contributed by atoms with E-state index >= 15 is 0 Å². The van der Waals surface area contributed by atoms with Crippen LogP contribution in [-0.4, -0.2) is 18.7 Å². The van der Waals surface area contributed by atoms with Gasteiger partial charge in [-0.15, -0.1) is 35.9 Å². The standard InChI is InChI=1S/C61H39N5O.Pt/c1-41-36-52(42-18-15-22-45(37-42)67-46-23-16-21-44(38-46)64-40-63(43-19-3-2-4-20-43)57-32-13-14-33-58(57)64)62-39-51(41)61-59(65-53-28-9-5-24-47(53)48-25-6-10-29-54(48)65)34-17-35-60(61)66-55-30-11-7-26-49(55)50-27-8-12-31-56(50)66;/h2-36,39H,1H3;/q-2;/i1D3;. The minimum atomic E-state index is -2.54. The number of rotatable bonds is 8. The van der Waals surface area contributed by atoms with Crippen LogP contribution >= 0.6 is 0 Å². The summed E-state index contributed by atoms with van der Waals surface area (Å²) in [5.41, 5.74) is 11.8. The molecule has 0 amide bonds. The van der Waals surface area contributed by atoms with Gasteiger partial charge in [0.25, 0.3) is 6.33 Å². The number of fused-ring (bicyclic) bond motifs is 7. The van der Waals surface area contributed by atoms with E-state index in [4.69, 9.17) is 13.8 Å². The first-order chi connectivity index (χ1) is 34.4. The Labute approximate surface area is 411 Å². The Bertz CT molecular complexity index is 3940. The van der Waals surface area contributed by atoms with Gasteiger partial charge in [0, 0.05) is 75.5 Å². The molecule has 0 N–H and O–H groups in total. The third-order valence-electron chi connectivity index (χ3n) is 12.7. The van der Waals surface area contributed by atoms with Gasteiger partial charge in [-0.1, -0.05) is 133 Å². The van der Waals surface area contributed by atoms with Crippen molar-refractivity contribution in [3.05, 3.63) is 243 Å². The predicted molar refractivity (Wildman–Crippen MR) is 270 cm³/mol. The zero-order chi connectivity index (χ0) is 46.9. The van der Waals surface area contributed by atoms with E-state index in [0.717, 1.165) is 83.0 Å². The molecule has 0 atom stereocenters. The Morgan fingerprint density at radius 3 is 1.63 bits per heavy atom. The van der Waals surface area contributed by atoms with Crippen molar-refractivity contribution < 1.29 is 34.5 Å². The number of nitrogens with zero attached hydrogens (tertiary/aromatic N) is 5. The monoisotopic (exact) mass is 1060 g/mol. The van der Waals surface area contributed by atoms with Crippen LogP contribution in [-0.2, 0) is 21.1 Å². The van der Waals surface area contributed by atoms with Crippen molar-refractivity contribution in [3.8, 4) is 56.6 Å². The number of aromatic nitrogens is 5. The molecule has 326 valence electrons. The maximum absolute atomic E-state index is 9.17. The molecule has 0 aliphatic rings. The van der Waals surface area contributed by atoms with Gasteiger partial charge < -0.3 is 23.4 Å². The second kappa shape index (κ2) is 16.8. The quantitative estimate of drug-likeness (QED) is 0.112. The first kappa shape index (κ1) is 37.9. The summed E-state index contributed by atoms with van der Waals surface area (Å²) in [4.78, 5) is 5.08. The van der Waals surface area contributed by atoms with Crippen LogP contribution in [0, 0.1) is 25.3 Å². The molecule has 0 bridgehead atoms. The number of hydrogen-bond donors (Lipinski definition) is 0. The molecule has 4 heterocycles. The van der Waals surface area contributed by atoms with E-state index in [1.54, 1.807) is 12.3 Å². The molecular formula is C61H39N5OPt-2. The number of imidazole rings is 1. The maximum Gasteiger partial charge on any atom is 0.268 e. The molecule has 0 aliphatic heterocycles. The molecule has 0 aliphatic carbocycles. The Morgan fingerprint density at radius 1 is 0.515 bits per heavy atom. The largest absolute Gasteiger partial charge is 0.503 e. The molecule has 13 rings (SSSR count). The molecule has 0 spiro atoms. The molecule has 0 saturated heterocycles. The van der Waals surface area contributed by atoms with Gasteiger partial charge in [-0.3, -0.25) is 4.57 Å². The minimum absolute atomic E-state index is 0. The van der Waals surface area contributed by atoms with E-state index in [-0.39, 0.29) is 26.6 Å². The fourth-order valence-electron chi connectivity index (χ4n) is 9.75. The molecule has 0 radical (unpaired) electrons. The Morgan fingerprint density at radius 2 is 1.03 bits per heavy atom. The molecule has 13 aromatic rings. The van der Waals surface area contributed by atoms with Crippen LogP contribution in [0.3, 0.4) is 0 Å². The topological polar surface area (TPSA) is 40.8 Å². The van der Waals surface area contributed by atoms with Crippen molar-refractivity contribution in [2.75, 3.05) is 0 Å². The molecule has 4 aromatic heterocycles. The van der Waals surface area contributed by atoms with Gasteiger partial charge in [-0.25, -0.2) is 0 Å². The van der Waals surface area contributed by atoms with Gasteiger partial charge in [0.2, 0.25) is 0 Å². The molecule has 7 heteroatoms. The van der Waals surface area contributed by atoms with Crippen LogP contribution in [0.15, 0.2) is 219 Å². The van der Waals surface area contributed by atoms with Crippen molar-refractivity contribution in [2.24, 2.45) is 0 Å². The number of ether oxygens (including phenoxy) is 1. The van der Waals surface area contributed by atoms with Crippen molar-refractivity contribution in [2.45, 2.75) is 6.85 Å². The predicted octanol–water partition coefficient (Wildman–Crippen LogP) is 14.3. The van der Waals surface area contributed by atoms with Gasteiger partial charge >= 0.3 is 0 Å². The van der Waals surface area contributed by atoms with Crippen molar-refractivity contribution in [1.29, 1.82) is 0 Å². The van der Waals surface area contributed by atoms with Crippen LogP contribution in [0.4, 0.5) is 0 Å². The summed E-state index contributed by atoms with van der Waals surface area (Å²) < 4.78 is 42.5. The van der Waals surface area contributed by atoms with Crippen molar-refractivity contribution in [1.82, 2.24) is 18.7 Å². The SMILES string of the molecule is [2H]C([2H])([2H])c1cc(-c2[c-]c(Oc3[c-]c(-n4[c-][n+](-c5ccccc5)c5ccccc54)ccc3)ccc2)ncc1-c1c(-n2c3ccccc3c3ccccc32)cccc1-n1c2ccccc2c2ccccc21.[Pt]. The fraction of sp³-hybridized carbons (Fsp3) is 0.0164. The summed E-state index contributed by atoms with van der Waals surface area (Å²) in [6.45, 7) is -2.54. The smallest absolute Gasteiger partial charge is 0.268 e. The third-order valence-corrected chi connectivity index (χ3v) is 12.7. The van der Waals surface area contributed by atoms with Crippen LogP contribution in [0.5, 0.6) is 11.5 Å². The van der Waals surface area contributed by atoms with E-state index in [0.29, 0.717) is 28.3 Å². The van der Waals surface area contributed by atoms with E-state index in [9.17, 15) is 0 Å². The van der Waals surface area contributed by atoms with Crippen molar-refractivity contribution in [3.63, 3.8) is 0 Å². The zero-order valence-corrected chi connectivity index (χ0v) is 38.5. The number of para-hydroxylation sites is 7. The van der Waals surface area contributed by atoms with Gasteiger partial charge in [0.1, 0.15) is 0 Å². The summed E-state index contributed by atoms with van der Waals surface area (Å²) in [7, 11) is 0. The first-order valence-electron chi connectivity index (χ1n) is 23.7. The number of pyridine rings is 1. The summed E-state index contributed by atoms with van der Waals surface area (Å²) in [6.07, 6.45) is 5.23. The van der Waals surface area contributed by atoms with Gasteiger partial charge in [-0.2, -0.15) is 12.1 Å². The summed E-state index contributed by atoms with van der Waals surface area (Å²) in [5, 5.41) is 4.41. The number of benzene rings is 9. The van der Waals surface area contributed by atoms with Crippen LogP contribution in [0.25, 0.3) is 99.8 Å². The van der Waals surface area contributed by atoms with Crippen LogP contribution in [0.2, 0.25) is 0 Å². The molecule has 9 aromatic carbocycles. The second-order valence-electron chi connectivity index (χ2n) is 16.6. The average molecular weight is 1060 g/mol. The Balaban J connectivity index is 0.00000517. The molecular weight excluding hydrogens is 1010 g/mol. The summed E-state index contributed by atoms with van der Waals surface area (Å²) in [6, 6.07) is 77.8. The fourth-order valence-corrected chi connectivity index (χ4v) is 9.75. The molecule has 6 nitrogen and oxygen atoms in total. The summed E-state index contributed by atoms with van der Waals surface area (Å²) >= 11 is 0. The van der Waals surface area contributed by atoms with E-state index < -0.39 is 6.85 Å². The Kier molecular flexibility index (Phi) is 9.38. The van der Waals surface area contributed by atoms with E-state index in [1.807, 2.05) is 100 Å². The normalized spacial score (nSPS) is 12.3. The molecule has 0 unspecified atom stereocenters. The maximum atomic E-state index is 9.17.